The van der Waals surface area contributed by atoms with Gasteiger partial charge in [0.2, 0.25) is 0 Å². The summed E-state index contributed by atoms with van der Waals surface area (Å²) in [5.41, 5.74) is 2.55. The number of rotatable bonds is 0. The van der Waals surface area contributed by atoms with Crippen LogP contribution in [0.2, 0.25) is 5.02 Å². The van der Waals surface area contributed by atoms with Gasteiger partial charge in [0.05, 0.1) is 0 Å². The summed E-state index contributed by atoms with van der Waals surface area (Å²) < 4.78 is 0. The summed E-state index contributed by atoms with van der Waals surface area (Å²) in [6.45, 7) is 0. The fourth-order valence-electron chi connectivity index (χ4n) is 2.10. The van der Waals surface area contributed by atoms with Crippen LogP contribution in [0.5, 0.6) is 0 Å². The van der Waals surface area contributed by atoms with Gasteiger partial charge in [0.1, 0.15) is 0 Å². The third-order valence-corrected chi connectivity index (χ3v) is 3.07. The van der Waals surface area contributed by atoms with Gasteiger partial charge in [0.15, 0.2) is 0 Å². The third kappa shape index (κ3) is 1.01. The summed E-state index contributed by atoms with van der Waals surface area (Å²) in [5, 5.41) is 3.45. The molecule has 0 amide bonds. The minimum Gasteiger partial charge on any atom is -0.0837 e. The Morgan fingerprint density at radius 3 is 2.93 bits per heavy atom. The summed E-state index contributed by atoms with van der Waals surface area (Å²) in [6, 6.07) is 10.5. The molecule has 0 unspecified atom stereocenters. The first-order chi connectivity index (χ1) is 6.86. The number of hydrogen-bond acceptors (Lipinski definition) is 0. The second-order valence-corrected chi connectivity index (χ2v) is 3.99. The van der Waals surface area contributed by atoms with Gasteiger partial charge in [-0.2, -0.15) is 0 Å². The van der Waals surface area contributed by atoms with E-state index in [2.05, 4.69) is 36.4 Å². The van der Waals surface area contributed by atoms with Gasteiger partial charge in [-0.15, -0.1) is 0 Å². The topological polar surface area (TPSA) is 0 Å². The van der Waals surface area contributed by atoms with Crippen molar-refractivity contribution >= 4 is 28.4 Å². The Hall–Kier alpha value is -1.27. The molecule has 1 aliphatic carbocycles. The van der Waals surface area contributed by atoms with E-state index < -0.39 is 0 Å². The first-order valence-corrected chi connectivity index (χ1v) is 5.11. The number of hydrogen-bond donors (Lipinski definition) is 0. The summed E-state index contributed by atoms with van der Waals surface area (Å²) >= 11 is 6.16. The van der Waals surface area contributed by atoms with Crippen LogP contribution in [0.3, 0.4) is 0 Å². The standard InChI is InChI=1S/C13H9Cl/c14-12-8-7-10-4-1-3-9-5-2-6-11(12)13(9)10/h1-4,6-8H,5H2. The number of benzene rings is 2. The van der Waals surface area contributed by atoms with Crippen LogP contribution in [0.1, 0.15) is 11.1 Å². The Bertz CT molecular complexity index is 538. The minimum atomic E-state index is 0.848. The Kier molecular flexibility index (Phi) is 1.65. The van der Waals surface area contributed by atoms with Crippen molar-refractivity contribution in [1.82, 2.24) is 0 Å². The molecule has 1 heteroatoms. The Balaban J connectivity index is 2.56. The zero-order chi connectivity index (χ0) is 9.54. The van der Waals surface area contributed by atoms with E-state index in [0.29, 0.717) is 0 Å². The van der Waals surface area contributed by atoms with Gasteiger partial charge in [-0.1, -0.05) is 48.0 Å². The van der Waals surface area contributed by atoms with Gasteiger partial charge in [-0.3, -0.25) is 0 Å². The van der Waals surface area contributed by atoms with Crippen molar-refractivity contribution in [1.29, 1.82) is 0 Å². The summed E-state index contributed by atoms with van der Waals surface area (Å²) in [5.74, 6) is 0. The average Bonchev–Trinajstić information content (AvgIpc) is 2.24. The predicted molar refractivity (Wildman–Crippen MR) is 61.7 cm³/mol. The second-order valence-electron chi connectivity index (χ2n) is 3.58. The Labute approximate surface area is 87.8 Å². The molecule has 0 aromatic heterocycles. The molecule has 0 spiro atoms. The van der Waals surface area contributed by atoms with Gasteiger partial charge in [-0.05, 0) is 28.8 Å². The van der Waals surface area contributed by atoms with Gasteiger partial charge in [0.25, 0.3) is 0 Å². The molecule has 2 aromatic carbocycles. The van der Waals surface area contributed by atoms with Crippen molar-refractivity contribution in [3.05, 3.63) is 52.6 Å². The quantitative estimate of drug-likeness (QED) is 0.602. The lowest BCUT2D eigenvalue weighted by Gasteiger charge is -2.13. The van der Waals surface area contributed by atoms with E-state index in [0.717, 1.165) is 11.4 Å². The average molecular weight is 201 g/mol. The molecule has 0 nitrogen and oxygen atoms in total. The van der Waals surface area contributed by atoms with Crippen molar-refractivity contribution in [3.8, 4) is 0 Å². The van der Waals surface area contributed by atoms with E-state index in [-0.39, 0.29) is 0 Å². The molecule has 68 valence electrons. The van der Waals surface area contributed by atoms with Crippen molar-refractivity contribution in [2.75, 3.05) is 0 Å². The molecule has 1 aliphatic rings. The van der Waals surface area contributed by atoms with Gasteiger partial charge >= 0.3 is 0 Å². The fraction of sp³-hybridized carbons (Fsp3) is 0.0769. The molecular weight excluding hydrogens is 192 g/mol. The van der Waals surface area contributed by atoms with Crippen LogP contribution in [0.4, 0.5) is 0 Å². The van der Waals surface area contributed by atoms with E-state index in [1.165, 1.54) is 21.9 Å². The molecule has 3 rings (SSSR count). The Morgan fingerprint density at radius 1 is 1.07 bits per heavy atom. The zero-order valence-corrected chi connectivity index (χ0v) is 8.38. The van der Waals surface area contributed by atoms with Crippen molar-refractivity contribution in [2.24, 2.45) is 0 Å². The van der Waals surface area contributed by atoms with Gasteiger partial charge < -0.3 is 0 Å². The second kappa shape index (κ2) is 2.86. The van der Waals surface area contributed by atoms with Crippen LogP contribution in [-0.2, 0) is 6.42 Å². The van der Waals surface area contributed by atoms with Crippen molar-refractivity contribution in [3.63, 3.8) is 0 Å². The van der Waals surface area contributed by atoms with Crippen LogP contribution in [0, 0.1) is 0 Å². The molecule has 0 atom stereocenters. The first-order valence-electron chi connectivity index (χ1n) is 4.73. The molecule has 0 heterocycles. The predicted octanol–water partition coefficient (Wildman–Crippen LogP) is 4.06. The molecule has 0 saturated heterocycles. The molecule has 2 aromatic rings. The molecule has 0 saturated carbocycles. The lowest BCUT2D eigenvalue weighted by atomic mass is 9.93. The molecule has 0 fully saturated rings. The lowest BCUT2D eigenvalue weighted by molar-refractivity contribution is 1.29. The Morgan fingerprint density at radius 2 is 2.00 bits per heavy atom. The SMILES string of the molecule is Clc1ccc2cccc3c2c1C=CC3. The van der Waals surface area contributed by atoms with Crippen molar-refractivity contribution < 1.29 is 0 Å². The van der Waals surface area contributed by atoms with Crippen LogP contribution >= 0.6 is 11.6 Å². The van der Waals surface area contributed by atoms with Crippen molar-refractivity contribution in [2.45, 2.75) is 6.42 Å². The molecule has 0 N–H and O–H groups in total. The van der Waals surface area contributed by atoms with Crippen LogP contribution < -0.4 is 0 Å². The molecule has 0 aliphatic heterocycles. The normalized spacial score (nSPS) is 13.5. The number of halogens is 1. The maximum atomic E-state index is 6.16. The highest BCUT2D eigenvalue weighted by atomic mass is 35.5. The molecular formula is C13H9Cl. The monoisotopic (exact) mass is 200 g/mol. The maximum absolute atomic E-state index is 6.16. The maximum Gasteiger partial charge on any atom is 0.0484 e. The summed E-state index contributed by atoms with van der Waals surface area (Å²) in [4.78, 5) is 0. The summed E-state index contributed by atoms with van der Waals surface area (Å²) in [7, 11) is 0. The smallest absolute Gasteiger partial charge is 0.0484 e. The zero-order valence-electron chi connectivity index (χ0n) is 7.63. The first kappa shape index (κ1) is 8.07. The van der Waals surface area contributed by atoms with E-state index in [1.54, 1.807) is 0 Å². The molecule has 0 bridgehead atoms. The largest absolute Gasteiger partial charge is 0.0837 e. The van der Waals surface area contributed by atoms with Crippen LogP contribution in [-0.4, -0.2) is 0 Å². The third-order valence-electron chi connectivity index (χ3n) is 2.74. The van der Waals surface area contributed by atoms with Gasteiger partial charge in [0, 0.05) is 10.6 Å². The van der Waals surface area contributed by atoms with E-state index in [9.17, 15) is 0 Å². The van der Waals surface area contributed by atoms with E-state index >= 15 is 0 Å². The number of allylic oxidation sites excluding steroid dienone is 1. The van der Waals surface area contributed by atoms with Crippen LogP contribution in [0.25, 0.3) is 16.8 Å². The van der Waals surface area contributed by atoms with Crippen LogP contribution in [0.15, 0.2) is 36.4 Å². The fourth-order valence-corrected chi connectivity index (χ4v) is 2.32. The minimum absolute atomic E-state index is 0.848. The molecule has 14 heavy (non-hydrogen) atoms. The van der Waals surface area contributed by atoms with Gasteiger partial charge in [-0.25, -0.2) is 0 Å². The lowest BCUT2D eigenvalue weighted by Crippen LogP contribution is -1.92. The highest BCUT2D eigenvalue weighted by molar-refractivity contribution is 6.33. The van der Waals surface area contributed by atoms with E-state index in [4.69, 9.17) is 11.6 Å². The highest BCUT2D eigenvalue weighted by Crippen LogP contribution is 2.32. The highest BCUT2D eigenvalue weighted by Gasteiger charge is 2.10. The van der Waals surface area contributed by atoms with E-state index in [1.807, 2.05) is 6.07 Å². The molecule has 0 radical (unpaired) electrons. The summed E-state index contributed by atoms with van der Waals surface area (Å²) in [6.07, 6.45) is 5.31.